The Labute approximate surface area is 253 Å². The zero-order valence-electron chi connectivity index (χ0n) is 23.6. The van der Waals surface area contributed by atoms with Gasteiger partial charge in [-0.1, -0.05) is 0 Å². The Kier molecular flexibility index (Phi) is 8.70. The molecule has 0 spiro atoms. The van der Waals surface area contributed by atoms with Gasteiger partial charge in [-0.2, -0.15) is 0 Å². The molecule has 0 aromatic heterocycles. The van der Waals surface area contributed by atoms with Gasteiger partial charge >= 0.3 is 231 Å². The molecular formula is C36H36Cl2SiZr. The van der Waals surface area contributed by atoms with E-state index in [1.807, 2.05) is 0 Å². The Balaban J connectivity index is 0.00000185. The summed E-state index contributed by atoms with van der Waals surface area (Å²) in [5, 5.41) is 0. The Morgan fingerprint density at radius 1 is 0.425 bits per heavy atom. The van der Waals surface area contributed by atoms with Gasteiger partial charge in [0.15, 0.2) is 0 Å². The van der Waals surface area contributed by atoms with Crippen LogP contribution in [-0.2, 0) is 17.4 Å². The van der Waals surface area contributed by atoms with Crippen molar-refractivity contribution in [2.24, 2.45) is 0 Å². The summed E-state index contributed by atoms with van der Waals surface area (Å²) in [5.41, 5.74) is 13.6. The summed E-state index contributed by atoms with van der Waals surface area (Å²) in [7, 11) is 0. The van der Waals surface area contributed by atoms with E-state index in [9.17, 15) is 0 Å². The number of aryl methyl sites for hydroxylation is 2. The summed E-state index contributed by atoms with van der Waals surface area (Å²) in [4.78, 5) is 0. The summed E-state index contributed by atoms with van der Waals surface area (Å²) in [6, 6.07) is 44.7. The van der Waals surface area contributed by atoms with Gasteiger partial charge in [0.05, 0.1) is 0 Å². The third-order valence-electron chi connectivity index (χ3n) is 8.26. The van der Waals surface area contributed by atoms with Crippen LogP contribution in [0.3, 0.4) is 0 Å². The van der Waals surface area contributed by atoms with Crippen LogP contribution in [0.15, 0.2) is 121 Å². The van der Waals surface area contributed by atoms with Crippen molar-refractivity contribution in [3.63, 3.8) is 0 Å². The van der Waals surface area contributed by atoms with Gasteiger partial charge in [0.1, 0.15) is 0 Å². The van der Waals surface area contributed by atoms with E-state index in [1.54, 1.807) is 6.54 Å². The van der Waals surface area contributed by atoms with Gasteiger partial charge in [-0.3, -0.25) is 0 Å². The molecular weight excluding hydrogens is 623 g/mol. The van der Waals surface area contributed by atoms with E-state index in [4.69, 9.17) is 0 Å². The largest absolute Gasteiger partial charge is 0.147 e. The summed E-state index contributed by atoms with van der Waals surface area (Å²) in [6.45, 7) is 7.03. The molecule has 6 rings (SSSR count). The molecule has 0 saturated heterocycles. The van der Waals surface area contributed by atoms with Crippen LogP contribution in [0.2, 0.25) is 9.26 Å². The summed E-state index contributed by atoms with van der Waals surface area (Å²) in [6.07, 6.45) is 0. The SMILES string of the molecule is Cc1cc2c(-c3ccccc3)ccccc-2[c]1[Zr]([CH3])([CH3])(=[SiH2])[c]1c(C)cc2c(-c3ccccc3)ccccc1-2.Cl.Cl. The molecule has 4 aliphatic carbocycles. The molecule has 0 saturated carbocycles. The van der Waals surface area contributed by atoms with Crippen LogP contribution < -0.4 is 6.54 Å². The molecule has 4 aliphatic rings. The molecule has 0 heterocycles. The normalized spacial score (nSPS) is 11.6. The van der Waals surface area contributed by atoms with E-state index in [-0.39, 0.29) is 24.8 Å². The van der Waals surface area contributed by atoms with Gasteiger partial charge in [0.2, 0.25) is 0 Å². The molecule has 0 fully saturated rings. The molecule has 0 amide bonds. The zero-order chi connectivity index (χ0) is 26.5. The molecule has 0 bridgehead atoms. The predicted octanol–water partition coefficient (Wildman–Crippen LogP) is 8.98. The molecule has 40 heavy (non-hydrogen) atoms. The summed E-state index contributed by atoms with van der Waals surface area (Å²) >= 11 is -3.74. The third kappa shape index (κ3) is 5.05. The molecule has 0 aliphatic heterocycles. The van der Waals surface area contributed by atoms with Crippen molar-refractivity contribution in [1.82, 2.24) is 0 Å². The minimum atomic E-state index is -3.74. The van der Waals surface area contributed by atoms with Crippen molar-refractivity contribution in [1.29, 1.82) is 0 Å². The average Bonchev–Trinajstić information content (AvgIpc) is 3.24. The van der Waals surface area contributed by atoms with Crippen LogP contribution in [-0.4, -0.2) is 6.88 Å². The van der Waals surface area contributed by atoms with Gasteiger partial charge in [-0.15, -0.1) is 24.8 Å². The number of rotatable bonds is 4. The van der Waals surface area contributed by atoms with Crippen LogP contribution in [0.25, 0.3) is 44.5 Å². The Morgan fingerprint density at radius 3 is 1.07 bits per heavy atom. The Bertz CT molecular complexity index is 1670. The first-order valence-corrected chi connectivity index (χ1v) is 26.8. The van der Waals surface area contributed by atoms with Crippen molar-refractivity contribution in [2.45, 2.75) is 23.1 Å². The van der Waals surface area contributed by atoms with Crippen molar-refractivity contribution < 1.29 is 17.4 Å². The minimum absolute atomic E-state index is 0. The van der Waals surface area contributed by atoms with Gasteiger partial charge in [0, 0.05) is 0 Å². The number of halogens is 2. The number of hydrogen-bond acceptors (Lipinski definition) is 0. The molecule has 0 atom stereocenters. The van der Waals surface area contributed by atoms with E-state index in [0.29, 0.717) is 0 Å². The average molecular weight is 659 g/mol. The molecule has 0 unspecified atom stereocenters. The predicted molar refractivity (Wildman–Crippen MR) is 181 cm³/mol. The first-order valence-electron chi connectivity index (χ1n) is 13.5. The molecule has 2 aromatic carbocycles. The molecule has 2 aromatic rings. The second-order valence-electron chi connectivity index (χ2n) is 11.7. The maximum Gasteiger partial charge on any atom is -0.147 e. The first-order chi connectivity index (χ1) is 18.2. The summed E-state index contributed by atoms with van der Waals surface area (Å²) in [5.74, 6) is 0. The molecule has 0 nitrogen and oxygen atoms in total. The van der Waals surface area contributed by atoms with Crippen molar-refractivity contribution in [3.05, 3.63) is 132 Å². The fraction of sp³-hybridized carbons (Fsp3) is 0.111. The molecule has 0 radical (unpaired) electrons. The molecule has 4 heteroatoms. The Hall–Kier alpha value is -2.48. The second kappa shape index (κ2) is 11.4. The quantitative estimate of drug-likeness (QED) is 0.166. The number of hydrogen-bond donors (Lipinski definition) is 0. The van der Waals surface area contributed by atoms with Crippen molar-refractivity contribution >= 4 is 38.2 Å². The maximum atomic E-state index is 2.65. The maximum absolute atomic E-state index is 3.74. The first kappa shape index (κ1) is 30.5. The zero-order valence-corrected chi connectivity index (χ0v) is 29.1. The molecule has 0 N–H and O–H groups in total. The smallest absolute Gasteiger partial charge is 0.147 e. The van der Waals surface area contributed by atoms with E-state index in [1.165, 1.54) is 55.6 Å². The fourth-order valence-corrected chi connectivity index (χ4v) is 25.1. The van der Waals surface area contributed by atoms with Gasteiger partial charge < -0.3 is 0 Å². The van der Waals surface area contributed by atoms with Crippen molar-refractivity contribution in [3.8, 4) is 44.5 Å². The van der Waals surface area contributed by atoms with Crippen LogP contribution in [0.5, 0.6) is 0 Å². The summed E-state index contributed by atoms with van der Waals surface area (Å²) < 4.78 is 8.54. The van der Waals surface area contributed by atoms with Crippen LogP contribution in [0, 0.1) is 13.8 Å². The van der Waals surface area contributed by atoms with Gasteiger partial charge in [-0.25, -0.2) is 0 Å². The minimum Gasteiger partial charge on any atom is -0.147 e. The fourth-order valence-electron chi connectivity index (χ4n) is 7.00. The van der Waals surface area contributed by atoms with Crippen LogP contribution in [0.1, 0.15) is 11.1 Å². The second-order valence-corrected chi connectivity index (χ2v) is 40.0. The Morgan fingerprint density at radius 2 is 0.725 bits per heavy atom. The number of benzene rings is 2. The van der Waals surface area contributed by atoms with Crippen molar-refractivity contribution in [2.75, 3.05) is 0 Å². The van der Waals surface area contributed by atoms with E-state index in [2.05, 4.69) is 151 Å². The van der Waals surface area contributed by atoms with Crippen LogP contribution >= 0.6 is 24.8 Å². The monoisotopic (exact) mass is 656 g/mol. The topological polar surface area (TPSA) is 0 Å². The van der Waals surface area contributed by atoms with Gasteiger partial charge in [0.25, 0.3) is 0 Å². The standard InChI is InChI=1S/2C17H13.2CH3.2ClH.H2Si.Zr/c2*1-13-11-15-9-5-6-10-16(17(15)12-13)14-7-3-2-4-8-14;;;;;;/h2*2-10,12H,1H3;2*1H3;2*1H;1H2;. The molecule has 202 valence electrons. The van der Waals surface area contributed by atoms with Gasteiger partial charge in [-0.05, 0) is 0 Å². The van der Waals surface area contributed by atoms with E-state index < -0.39 is 17.4 Å². The third-order valence-corrected chi connectivity index (χ3v) is 23.6. The number of fused-ring (bicyclic) bond motifs is 2. The van der Waals surface area contributed by atoms with E-state index in [0.717, 1.165) is 0 Å². The van der Waals surface area contributed by atoms with E-state index >= 15 is 0 Å². The van der Waals surface area contributed by atoms with Crippen LogP contribution in [0.4, 0.5) is 0 Å².